The number of carbonyl (C=O) groups excluding carboxylic acids is 1. The van der Waals surface area contributed by atoms with E-state index in [0.717, 1.165) is 39.3 Å². The van der Waals surface area contributed by atoms with E-state index in [1.807, 2.05) is 11.0 Å². The molecule has 2 saturated heterocycles. The number of benzene rings is 1. The third-order valence-corrected chi connectivity index (χ3v) is 4.91. The molecule has 5 heteroatoms. The predicted molar refractivity (Wildman–Crippen MR) is 81.1 cm³/mol. The van der Waals surface area contributed by atoms with Crippen molar-refractivity contribution in [1.29, 1.82) is 0 Å². The number of amides is 2. The number of rotatable bonds is 2. The number of piperazine rings is 1. The van der Waals surface area contributed by atoms with Gasteiger partial charge in [-0.05, 0) is 12.0 Å². The topological polar surface area (TPSA) is 47.6 Å². The highest BCUT2D eigenvalue weighted by atomic mass is 16.2. The number of hydrogen-bond acceptors (Lipinski definition) is 3. The largest absolute Gasteiger partial charge is 0.335 e. The van der Waals surface area contributed by atoms with Gasteiger partial charge in [-0.15, -0.1) is 0 Å². The Morgan fingerprint density at radius 1 is 1.24 bits per heavy atom. The Morgan fingerprint density at radius 2 is 2.10 bits per heavy atom. The first-order valence-corrected chi connectivity index (χ1v) is 7.86. The SMILES string of the molecule is O=C(N[C@@H]1C[C@H]1c1ccccc1)N1CCN2CNCC2C1. The first-order valence-electron chi connectivity index (χ1n) is 7.86. The fraction of sp³-hybridized carbons (Fsp3) is 0.562. The van der Waals surface area contributed by atoms with E-state index in [2.05, 4.69) is 39.8 Å². The van der Waals surface area contributed by atoms with Crippen molar-refractivity contribution in [2.24, 2.45) is 0 Å². The quantitative estimate of drug-likeness (QED) is 0.845. The number of nitrogens with one attached hydrogen (secondary N) is 2. The zero-order valence-corrected chi connectivity index (χ0v) is 12.2. The summed E-state index contributed by atoms with van der Waals surface area (Å²) in [6, 6.07) is 11.4. The third-order valence-electron chi connectivity index (χ3n) is 4.91. The van der Waals surface area contributed by atoms with Crippen LogP contribution in [0.2, 0.25) is 0 Å². The molecule has 1 saturated carbocycles. The van der Waals surface area contributed by atoms with E-state index >= 15 is 0 Å². The summed E-state index contributed by atoms with van der Waals surface area (Å²) in [6.07, 6.45) is 1.07. The fourth-order valence-corrected chi connectivity index (χ4v) is 3.53. The average molecular weight is 286 g/mol. The Balaban J connectivity index is 1.31. The van der Waals surface area contributed by atoms with Crippen molar-refractivity contribution in [3.63, 3.8) is 0 Å². The van der Waals surface area contributed by atoms with Crippen LogP contribution in [0.4, 0.5) is 4.79 Å². The molecule has 2 aliphatic heterocycles. The van der Waals surface area contributed by atoms with Crippen molar-refractivity contribution >= 4 is 6.03 Å². The van der Waals surface area contributed by atoms with Crippen LogP contribution in [0, 0.1) is 0 Å². The lowest BCUT2D eigenvalue weighted by atomic mass is 10.1. The third kappa shape index (κ3) is 2.63. The molecule has 1 unspecified atom stereocenters. The minimum atomic E-state index is 0.116. The number of nitrogens with zero attached hydrogens (tertiary/aromatic N) is 2. The average Bonchev–Trinajstić information content (AvgIpc) is 3.12. The Hall–Kier alpha value is -1.59. The summed E-state index contributed by atoms with van der Waals surface area (Å²) < 4.78 is 0. The molecule has 4 rings (SSSR count). The lowest BCUT2D eigenvalue weighted by Gasteiger charge is -2.36. The van der Waals surface area contributed by atoms with Gasteiger partial charge in [0.25, 0.3) is 0 Å². The maximum Gasteiger partial charge on any atom is 0.317 e. The molecular formula is C16H22N4O. The Bertz CT molecular complexity index is 520. The molecule has 0 aromatic heterocycles. The van der Waals surface area contributed by atoms with Crippen molar-refractivity contribution in [1.82, 2.24) is 20.4 Å². The summed E-state index contributed by atoms with van der Waals surface area (Å²) in [5.41, 5.74) is 1.34. The summed E-state index contributed by atoms with van der Waals surface area (Å²) in [5.74, 6) is 0.504. The minimum absolute atomic E-state index is 0.116. The summed E-state index contributed by atoms with van der Waals surface area (Å²) in [4.78, 5) is 16.8. The van der Waals surface area contributed by atoms with Crippen LogP contribution >= 0.6 is 0 Å². The molecule has 21 heavy (non-hydrogen) atoms. The molecule has 2 heterocycles. The minimum Gasteiger partial charge on any atom is -0.335 e. The Morgan fingerprint density at radius 3 is 2.95 bits per heavy atom. The highest BCUT2D eigenvalue weighted by molar-refractivity contribution is 5.75. The molecule has 2 N–H and O–H groups in total. The van der Waals surface area contributed by atoms with Crippen LogP contribution in [0.5, 0.6) is 0 Å². The van der Waals surface area contributed by atoms with Gasteiger partial charge in [-0.25, -0.2) is 4.79 Å². The molecular weight excluding hydrogens is 264 g/mol. The lowest BCUT2D eigenvalue weighted by molar-refractivity contribution is 0.120. The van der Waals surface area contributed by atoms with Crippen molar-refractivity contribution in [3.8, 4) is 0 Å². The number of fused-ring (bicyclic) bond motifs is 1. The number of hydrogen-bond donors (Lipinski definition) is 2. The number of carbonyl (C=O) groups is 1. The maximum atomic E-state index is 12.4. The van der Waals surface area contributed by atoms with Crippen LogP contribution in [0.1, 0.15) is 17.9 Å². The predicted octanol–water partition coefficient (Wildman–Crippen LogP) is 0.799. The van der Waals surface area contributed by atoms with Crippen LogP contribution in [-0.4, -0.2) is 60.8 Å². The van der Waals surface area contributed by atoms with E-state index in [0.29, 0.717) is 18.0 Å². The van der Waals surface area contributed by atoms with Crippen LogP contribution in [0.25, 0.3) is 0 Å². The molecule has 3 atom stereocenters. The van der Waals surface area contributed by atoms with Crippen LogP contribution in [0.15, 0.2) is 30.3 Å². The maximum absolute atomic E-state index is 12.4. The molecule has 3 aliphatic rings. The van der Waals surface area contributed by atoms with Gasteiger partial charge in [-0.2, -0.15) is 0 Å². The van der Waals surface area contributed by atoms with Crippen LogP contribution in [-0.2, 0) is 0 Å². The Kier molecular flexibility index (Phi) is 3.31. The highest BCUT2D eigenvalue weighted by Gasteiger charge is 2.41. The van der Waals surface area contributed by atoms with Crippen molar-refractivity contribution < 1.29 is 4.79 Å². The molecule has 5 nitrogen and oxygen atoms in total. The van der Waals surface area contributed by atoms with E-state index in [9.17, 15) is 4.79 Å². The molecule has 1 aliphatic carbocycles. The van der Waals surface area contributed by atoms with Gasteiger partial charge < -0.3 is 15.5 Å². The van der Waals surface area contributed by atoms with E-state index in [1.165, 1.54) is 5.56 Å². The normalized spacial score (nSPS) is 31.8. The molecule has 1 aromatic carbocycles. The van der Waals surface area contributed by atoms with Gasteiger partial charge in [0.2, 0.25) is 0 Å². The summed E-state index contributed by atoms with van der Waals surface area (Å²) in [6.45, 7) is 4.64. The van der Waals surface area contributed by atoms with E-state index in [4.69, 9.17) is 0 Å². The van der Waals surface area contributed by atoms with E-state index in [-0.39, 0.29) is 6.03 Å². The van der Waals surface area contributed by atoms with Crippen molar-refractivity contribution in [2.45, 2.75) is 24.4 Å². The highest BCUT2D eigenvalue weighted by Crippen LogP contribution is 2.40. The van der Waals surface area contributed by atoms with Gasteiger partial charge in [-0.3, -0.25) is 4.90 Å². The standard InChI is InChI=1S/C16H22N4O/c21-16(19-6-7-20-11-17-9-13(20)10-19)18-15-8-14(15)12-4-2-1-3-5-12/h1-5,13-15,17H,6-11H2,(H,18,21)/t13?,14-,15+/m0/s1. The zero-order valence-electron chi connectivity index (χ0n) is 12.2. The van der Waals surface area contributed by atoms with Gasteiger partial charge >= 0.3 is 6.03 Å². The van der Waals surface area contributed by atoms with E-state index < -0.39 is 0 Å². The van der Waals surface area contributed by atoms with Gasteiger partial charge in [0.1, 0.15) is 0 Å². The molecule has 0 radical (unpaired) electrons. The van der Waals surface area contributed by atoms with Crippen LogP contribution in [0.3, 0.4) is 0 Å². The first-order chi connectivity index (χ1) is 10.3. The van der Waals surface area contributed by atoms with E-state index in [1.54, 1.807) is 0 Å². The first kappa shape index (κ1) is 13.1. The smallest absolute Gasteiger partial charge is 0.317 e. The lowest BCUT2D eigenvalue weighted by Crippen LogP contribution is -2.55. The molecule has 3 fully saturated rings. The van der Waals surface area contributed by atoms with Gasteiger partial charge in [0.15, 0.2) is 0 Å². The van der Waals surface area contributed by atoms with Gasteiger partial charge in [0, 0.05) is 50.8 Å². The Labute approximate surface area is 125 Å². The van der Waals surface area contributed by atoms with Crippen LogP contribution < -0.4 is 10.6 Å². The van der Waals surface area contributed by atoms with Gasteiger partial charge in [-0.1, -0.05) is 30.3 Å². The zero-order chi connectivity index (χ0) is 14.2. The molecule has 1 aromatic rings. The second-order valence-corrected chi connectivity index (χ2v) is 6.33. The second-order valence-electron chi connectivity index (χ2n) is 6.33. The fourth-order valence-electron chi connectivity index (χ4n) is 3.53. The molecule has 2 amide bonds. The van der Waals surface area contributed by atoms with Crippen molar-refractivity contribution in [2.75, 3.05) is 32.8 Å². The molecule has 0 bridgehead atoms. The van der Waals surface area contributed by atoms with Crippen molar-refractivity contribution in [3.05, 3.63) is 35.9 Å². The summed E-state index contributed by atoms with van der Waals surface area (Å²) >= 11 is 0. The van der Waals surface area contributed by atoms with Gasteiger partial charge in [0.05, 0.1) is 0 Å². The number of urea groups is 1. The molecule has 112 valence electrons. The monoisotopic (exact) mass is 286 g/mol. The summed E-state index contributed by atoms with van der Waals surface area (Å²) in [7, 11) is 0. The second kappa shape index (κ2) is 5.31. The molecule has 0 spiro atoms. The summed E-state index contributed by atoms with van der Waals surface area (Å²) in [5, 5.41) is 6.57.